The fourth-order valence-electron chi connectivity index (χ4n) is 7.30. The first-order chi connectivity index (χ1) is 12.1. The molecule has 0 spiro atoms. The van der Waals surface area contributed by atoms with Gasteiger partial charge in [-0.3, -0.25) is 9.59 Å². The van der Waals surface area contributed by atoms with Crippen LogP contribution >= 0.6 is 11.6 Å². The molecule has 0 bridgehead atoms. The van der Waals surface area contributed by atoms with Gasteiger partial charge in [0.2, 0.25) is 0 Å². The highest BCUT2D eigenvalue weighted by Crippen LogP contribution is 2.67. The van der Waals surface area contributed by atoms with Crippen molar-refractivity contribution in [1.29, 1.82) is 0 Å². The van der Waals surface area contributed by atoms with Gasteiger partial charge in [-0.1, -0.05) is 13.8 Å². The molecule has 0 saturated heterocycles. The molecule has 26 heavy (non-hydrogen) atoms. The molecule has 0 aromatic rings. The Kier molecular flexibility index (Phi) is 4.28. The average molecular weight is 383 g/mol. The molecule has 4 rings (SSSR count). The van der Waals surface area contributed by atoms with Gasteiger partial charge in [0.25, 0.3) is 0 Å². The van der Waals surface area contributed by atoms with Crippen LogP contribution in [0.4, 0.5) is 0 Å². The number of hydrogen-bond acceptors (Lipinski definition) is 4. The van der Waals surface area contributed by atoms with E-state index >= 15 is 0 Å². The Balaban J connectivity index is 1.65. The number of carbonyl (C=O) groups is 2. The first-order valence-corrected chi connectivity index (χ1v) is 10.6. The maximum Gasteiger partial charge on any atom is 0.302 e. The second-order valence-electron chi connectivity index (χ2n) is 9.81. The summed E-state index contributed by atoms with van der Waals surface area (Å²) in [6.07, 6.45) is 6.16. The minimum atomic E-state index is -1.01. The quantitative estimate of drug-likeness (QED) is 0.552. The highest BCUT2D eigenvalue weighted by atomic mass is 35.5. The summed E-state index contributed by atoms with van der Waals surface area (Å²) in [6.45, 7) is 5.78. The molecule has 0 heterocycles. The Labute approximate surface area is 161 Å². The van der Waals surface area contributed by atoms with Crippen molar-refractivity contribution in [1.82, 2.24) is 0 Å². The van der Waals surface area contributed by atoms with Crippen molar-refractivity contribution >= 4 is 23.4 Å². The summed E-state index contributed by atoms with van der Waals surface area (Å²) in [5.74, 6) is 1.35. The van der Waals surface area contributed by atoms with Crippen LogP contribution in [0.25, 0.3) is 0 Å². The van der Waals surface area contributed by atoms with Crippen LogP contribution in [0.15, 0.2) is 0 Å². The van der Waals surface area contributed by atoms with Gasteiger partial charge in [0.15, 0.2) is 0 Å². The number of esters is 1. The van der Waals surface area contributed by atoms with Crippen molar-refractivity contribution in [3.8, 4) is 0 Å². The van der Waals surface area contributed by atoms with E-state index in [4.69, 9.17) is 16.3 Å². The van der Waals surface area contributed by atoms with Gasteiger partial charge in [0.05, 0.1) is 11.0 Å². The van der Waals surface area contributed by atoms with Crippen LogP contribution in [-0.4, -0.2) is 33.9 Å². The second-order valence-corrected chi connectivity index (χ2v) is 10.3. The van der Waals surface area contributed by atoms with Crippen molar-refractivity contribution in [2.45, 2.75) is 89.2 Å². The SMILES string of the molecule is CC(=O)O[C@@H]1CC[C@]2(C)[C@H]3CC[C@]4(C)C(=O)CC[C@H]4[C@@H]3C[C@@H](Cl)[C@@]2(O)C1. The van der Waals surface area contributed by atoms with Gasteiger partial charge in [-0.15, -0.1) is 11.6 Å². The van der Waals surface area contributed by atoms with Gasteiger partial charge in [-0.2, -0.15) is 0 Å². The van der Waals surface area contributed by atoms with E-state index in [0.717, 1.165) is 38.5 Å². The molecular weight excluding hydrogens is 352 g/mol. The lowest BCUT2D eigenvalue weighted by atomic mass is 9.43. The van der Waals surface area contributed by atoms with Crippen molar-refractivity contribution in [2.24, 2.45) is 28.6 Å². The molecule has 4 nitrogen and oxygen atoms in total. The molecular formula is C21H31ClO4. The molecule has 1 N–H and O–H groups in total. The Morgan fingerprint density at radius 3 is 2.62 bits per heavy atom. The first kappa shape index (κ1) is 18.7. The number of Topliss-reactive ketones (excluding diaryl/α,β-unsaturated/α-hetero) is 1. The molecule has 4 aliphatic rings. The standard InChI is InChI=1S/C21H31ClO4/c1-12(23)26-13-6-9-20(3)16-7-8-19(2)15(4-5-18(19)24)14(16)10-17(22)21(20,25)11-13/h13-17,25H,4-11H2,1-3H3/t13-,14+,15+,16+,17-,19+,20-,21+/m1/s1. The van der Waals surface area contributed by atoms with Gasteiger partial charge in [-0.25, -0.2) is 0 Å². The smallest absolute Gasteiger partial charge is 0.302 e. The number of ether oxygens (including phenoxy) is 1. The second kappa shape index (κ2) is 5.94. The summed E-state index contributed by atoms with van der Waals surface area (Å²) in [5.41, 5.74) is -1.46. The van der Waals surface area contributed by atoms with Crippen molar-refractivity contribution in [3.63, 3.8) is 0 Å². The minimum Gasteiger partial charge on any atom is -0.462 e. The zero-order chi connectivity index (χ0) is 18.9. The molecule has 4 aliphatic carbocycles. The fraction of sp³-hybridized carbons (Fsp3) is 0.905. The number of aliphatic hydroxyl groups is 1. The van der Waals surface area contributed by atoms with Gasteiger partial charge >= 0.3 is 5.97 Å². The van der Waals surface area contributed by atoms with E-state index in [9.17, 15) is 14.7 Å². The van der Waals surface area contributed by atoms with Crippen LogP contribution in [0.5, 0.6) is 0 Å². The molecule has 146 valence electrons. The summed E-state index contributed by atoms with van der Waals surface area (Å²) in [5, 5.41) is 11.4. The number of ketones is 1. The number of rotatable bonds is 1. The van der Waals surface area contributed by atoms with Crippen LogP contribution in [-0.2, 0) is 14.3 Å². The maximum absolute atomic E-state index is 12.5. The van der Waals surface area contributed by atoms with E-state index in [-0.39, 0.29) is 28.3 Å². The van der Waals surface area contributed by atoms with E-state index in [2.05, 4.69) is 13.8 Å². The average Bonchev–Trinajstić information content (AvgIpc) is 2.86. The van der Waals surface area contributed by atoms with E-state index in [1.165, 1.54) is 6.92 Å². The van der Waals surface area contributed by atoms with Crippen molar-refractivity contribution in [3.05, 3.63) is 0 Å². The normalized spacial score (nSPS) is 53.4. The van der Waals surface area contributed by atoms with Gasteiger partial charge < -0.3 is 9.84 Å². The Bertz CT molecular complexity index is 636. The monoisotopic (exact) mass is 382 g/mol. The zero-order valence-corrected chi connectivity index (χ0v) is 16.8. The van der Waals surface area contributed by atoms with E-state index in [0.29, 0.717) is 36.4 Å². The third-order valence-corrected chi connectivity index (χ3v) is 9.35. The predicted molar refractivity (Wildman–Crippen MR) is 98.8 cm³/mol. The van der Waals surface area contributed by atoms with Crippen molar-refractivity contribution < 1.29 is 19.4 Å². The number of halogens is 1. The first-order valence-electron chi connectivity index (χ1n) is 10.2. The molecule has 0 aromatic carbocycles. The summed E-state index contributed by atoms with van der Waals surface area (Å²) in [7, 11) is 0. The number of alkyl halides is 1. The number of carbonyl (C=O) groups excluding carboxylic acids is 2. The largest absolute Gasteiger partial charge is 0.462 e. The number of fused-ring (bicyclic) bond motifs is 5. The summed E-state index contributed by atoms with van der Waals surface area (Å²) < 4.78 is 5.43. The lowest BCUT2D eigenvalue weighted by Crippen LogP contribution is -2.67. The summed E-state index contributed by atoms with van der Waals surface area (Å²) >= 11 is 6.84. The molecule has 0 aromatic heterocycles. The van der Waals surface area contributed by atoms with Crippen LogP contribution in [0, 0.1) is 28.6 Å². The Morgan fingerprint density at radius 2 is 1.92 bits per heavy atom. The Morgan fingerprint density at radius 1 is 1.19 bits per heavy atom. The van der Waals surface area contributed by atoms with E-state index < -0.39 is 5.60 Å². The van der Waals surface area contributed by atoms with Crippen LogP contribution in [0.1, 0.15) is 72.1 Å². The van der Waals surface area contributed by atoms with Crippen LogP contribution in [0.2, 0.25) is 0 Å². The van der Waals surface area contributed by atoms with Crippen LogP contribution in [0.3, 0.4) is 0 Å². The summed E-state index contributed by atoms with van der Waals surface area (Å²) in [6, 6.07) is 0. The van der Waals surface area contributed by atoms with Gasteiger partial charge in [0, 0.05) is 30.6 Å². The van der Waals surface area contributed by atoms with Gasteiger partial charge in [0.1, 0.15) is 11.9 Å². The lowest BCUT2D eigenvalue weighted by molar-refractivity contribution is -0.219. The molecule has 0 unspecified atom stereocenters. The van der Waals surface area contributed by atoms with E-state index in [1.807, 2.05) is 0 Å². The molecule has 0 amide bonds. The van der Waals surface area contributed by atoms with Crippen LogP contribution < -0.4 is 0 Å². The maximum atomic E-state index is 12.5. The molecule has 4 fully saturated rings. The van der Waals surface area contributed by atoms with E-state index in [1.54, 1.807) is 0 Å². The lowest BCUT2D eigenvalue weighted by Gasteiger charge is -2.64. The number of hydrogen-bond donors (Lipinski definition) is 1. The fourth-order valence-corrected chi connectivity index (χ4v) is 7.84. The molecule has 0 radical (unpaired) electrons. The zero-order valence-electron chi connectivity index (χ0n) is 16.1. The van der Waals surface area contributed by atoms with Crippen molar-refractivity contribution in [2.75, 3.05) is 0 Å². The van der Waals surface area contributed by atoms with Gasteiger partial charge in [-0.05, 0) is 56.3 Å². The molecule has 4 saturated carbocycles. The highest BCUT2D eigenvalue weighted by molar-refractivity contribution is 6.21. The molecule has 8 atom stereocenters. The summed E-state index contributed by atoms with van der Waals surface area (Å²) in [4.78, 5) is 23.9. The third kappa shape index (κ3) is 2.37. The minimum absolute atomic E-state index is 0.182. The molecule has 0 aliphatic heterocycles. The predicted octanol–water partition coefficient (Wildman–Crippen LogP) is 3.86. The molecule has 5 heteroatoms. The Hall–Kier alpha value is -0.610. The highest BCUT2D eigenvalue weighted by Gasteiger charge is 2.67. The third-order valence-electron chi connectivity index (χ3n) is 8.81. The topological polar surface area (TPSA) is 63.6 Å².